The van der Waals surface area contributed by atoms with Gasteiger partial charge in [0.2, 0.25) is 0 Å². The summed E-state index contributed by atoms with van der Waals surface area (Å²) < 4.78 is 22.6. The van der Waals surface area contributed by atoms with Gasteiger partial charge in [0.1, 0.15) is 0 Å². The van der Waals surface area contributed by atoms with E-state index in [1.807, 2.05) is 24.3 Å². The fourth-order valence-electron chi connectivity index (χ4n) is 2.87. The fraction of sp³-hybridized carbons (Fsp3) is 0.200. The maximum atomic E-state index is 13.8. The Bertz CT molecular complexity index is 766. The molecule has 1 heterocycles. The molecule has 1 aliphatic carbocycles. The summed E-state index contributed by atoms with van der Waals surface area (Å²) in [6, 6.07) is 11.5. The zero-order chi connectivity index (χ0) is 13.5. The molecule has 1 aliphatic heterocycles. The van der Waals surface area contributed by atoms with Gasteiger partial charge in [0, 0.05) is 0 Å². The normalized spacial score (nSPS) is 18.6. The van der Waals surface area contributed by atoms with E-state index in [-0.39, 0.29) is 26.4 Å². The van der Waals surface area contributed by atoms with Crippen molar-refractivity contribution in [2.75, 3.05) is 5.32 Å². The van der Waals surface area contributed by atoms with Crippen LogP contribution in [0.2, 0.25) is 0 Å². The average Bonchev–Trinajstić information content (AvgIpc) is 3.07. The molecular formula is C15H12FN3Se. The molecule has 3 nitrogen and oxygen atoms in total. The molecule has 0 spiro atoms. The van der Waals surface area contributed by atoms with Crippen molar-refractivity contribution in [1.29, 1.82) is 0 Å². The van der Waals surface area contributed by atoms with Gasteiger partial charge < -0.3 is 0 Å². The molecule has 0 bridgehead atoms. The van der Waals surface area contributed by atoms with Crippen molar-refractivity contribution >= 4 is 31.6 Å². The van der Waals surface area contributed by atoms with Crippen LogP contribution in [0.15, 0.2) is 44.3 Å². The Balaban J connectivity index is 1.69. The molecule has 2 aromatic rings. The first kappa shape index (κ1) is 12.1. The van der Waals surface area contributed by atoms with Gasteiger partial charge in [-0.2, -0.15) is 0 Å². The number of nitrogens with zero attached hydrogens (tertiary/aromatic N) is 2. The third-order valence-electron chi connectivity index (χ3n) is 3.83. The van der Waals surface area contributed by atoms with Gasteiger partial charge in [-0.25, -0.2) is 0 Å². The van der Waals surface area contributed by atoms with Crippen LogP contribution in [0, 0.1) is 5.82 Å². The molecule has 1 N–H and O–H groups in total. The van der Waals surface area contributed by atoms with E-state index in [0.29, 0.717) is 0 Å². The monoisotopic (exact) mass is 333 g/mol. The standard InChI is InChI=1S/C15H12FN3Se/c16-11-4-1-3-10-9(11)7-8-12(10)17-13-5-2-6-14-15(13)19-20-18-14/h1-6,12,17H,7-8H2. The second-order valence-corrected chi connectivity index (χ2v) is 6.09. The summed E-state index contributed by atoms with van der Waals surface area (Å²) in [5, 5.41) is 3.51. The van der Waals surface area contributed by atoms with E-state index in [0.717, 1.165) is 41.0 Å². The van der Waals surface area contributed by atoms with Crippen LogP contribution >= 0.6 is 0 Å². The zero-order valence-corrected chi connectivity index (χ0v) is 12.3. The summed E-state index contributed by atoms with van der Waals surface area (Å²) >= 11 is -0.0280. The van der Waals surface area contributed by atoms with Crippen molar-refractivity contribution in [1.82, 2.24) is 0 Å². The van der Waals surface area contributed by atoms with Gasteiger partial charge >= 0.3 is 121 Å². The summed E-state index contributed by atoms with van der Waals surface area (Å²) in [5.41, 5.74) is 4.85. The second kappa shape index (κ2) is 4.69. The van der Waals surface area contributed by atoms with Crippen LogP contribution in [0.3, 0.4) is 0 Å². The predicted octanol–water partition coefficient (Wildman–Crippen LogP) is 4.27. The van der Waals surface area contributed by atoms with Crippen molar-refractivity contribution in [2.45, 2.75) is 18.9 Å². The Kier molecular flexibility index (Phi) is 2.83. The van der Waals surface area contributed by atoms with Crippen molar-refractivity contribution in [2.24, 2.45) is 7.92 Å². The van der Waals surface area contributed by atoms with Crippen molar-refractivity contribution in [3.63, 3.8) is 0 Å². The number of nitrogens with one attached hydrogen (secondary N) is 1. The molecule has 0 radical (unpaired) electrons. The molecule has 100 valence electrons. The number of benzene rings is 2. The zero-order valence-electron chi connectivity index (χ0n) is 10.6. The van der Waals surface area contributed by atoms with E-state index in [9.17, 15) is 4.39 Å². The van der Waals surface area contributed by atoms with E-state index >= 15 is 0 Å². The molecule has 0 saturated heterocycles. The number of hydrogen-bond donors (Lipinski definition) is 1. The van der Waals surface area contributed by atoms with Crippen LogP contribution < -0.4 is 5.32 Å². The molecule has 2 aliphatic rings. The quantitative estimate of drug-likeness (QED) is 0.699. The summed E-state index contributed by atoms with van der Waals surface area (Å²) in [6.45, 7) is 0. The minimum absolute atomic E-state index is 0.0280. The van der Waals surface area contributed by atoms with Gasteiger partial charge in [0.25, 0.3) is 0 Å². The molecule has 0 aromatic heterocycles. The molecule has 0 fully saturated rings. The maximum absolute atomic E-state index is 13.8. The van der Waals surface area contributed by atoms with Crippen molar-refractivity contribution in [3.05, 3.63) is 53.3 Å². The Morgan fingerprint density at radius 2 is 2.05 bits per heavy atom. The SMILES string of the molecule is Fc1cccc2c1CCC2Nc1cccc2c1N=[Se]=N2. The van der Waals surface area contributed by atoms with E-state index < -0.39 is 0 Å². The van der Waals surface area contributed by atoms with Crippen LogP contribution in [0.5, 0.6) is 0 Å². The van der Waals surface area contributed by atoms with Gasteiger partial charge in [-0.15, -0.1) is 0 Å². The van der Waals surface area contributed by atoms with Crippen molar-refractivity contribution in [3.8, 4) is 0 Å². The number of anilines is 1. The summed E-state index contributed by atoms with van der Waals surface area (Å²) in [6.07, 6.45) is 1.71. The molecule has 5 heteroatoms. The Labute approximate surface area is 122 Å². The minimum atomic E-state index is -0.0897. The van der Waals surface area contributed by atoms with Crippen LogP contribution in [0.25, 0.3) is 0 Å². The predicted molar refractivity (Wildman–Crippen MR) is 77.5 cm³/mol. The Morgan fingerprint density at radius 1 is 1.15 bits per heavy atom. The number of rotatable bonds is 2. The van der Waals surface area contributed by atoms with E-state index in [1.165, 1.54) is 6.07 Å². The fourth-order valence-corrected chi connectivity index (χ4v) is 4.02. The molecule has 4 rings (SSSR count). The molecular weight excluding hydrogens is 320 g/mol. The molecule has 0 saturated carbocycles. The van der Waals surface area contributed by atoms with Gasteiger partial charge in [-0.3, -0.25) is 0 Å². The van der Waals surface area contributed by atoms with E-state index in [1.54, 1.807) is 6.07 Å². The molecule has 1 atom stereocenters. The van der Waals surface area contributed by atoms with E-state index in [4.69, 9.17) is 0 Å². The third kappa shape index (κ3) is 1.86. The average molecular weight is 332 g/mol. The van der Waals surface area contributed by atoms with Crippen LogP contribution in [0.1, 0.15) is 23.6 Å². The third-order valence-corrected chi connectivity index (χ3v) is 4.97. The number of halogens is 1. The number of fused-ring (bicyclic) bond motifs is 2. The Morgan fingerprint density at radius 3 is 3.00 bits per heavy atom. The molecule has 1 unspecified atom stereocenters. The topological polar surface area (TPSA) is 36.8 Å². The molecule has 0 amide bonds. The second-order valence-electron chi connectivity index (χ2n) is 4.98. The summed E-state index contributed by atoms with van der Waals surface area (Å²) in [4.78, 5) is 0. The first-order valence-corrected chi connectivity index (χ1v) is 8.11. The van der Waals surface area contributed by atoms with Gasteiger partial charge in [0.05, 0.1) is 0 Å². The van der Waals surface area contributed by atoms with Gasteiger partial charge in [-0.05, 0) is 0 Å². The van der Waals surface area contributed by atoms with Crippen LogP contribution in [-0.2, 0) is 6.42 Å². The first-order valence-electron chi connectivity index (χ1n) is 6.58. The number of hydrogen-bond acceptors (Lipinski definition) is 3. The van der Waals surface area contributed by atoms with Gasteiger partial charge in [-0.1, -0.05) is 0 Å². The summed E-state index contributed by atoms with van der Waals surface area (Å²) in [7, 11) is 0. The molecule has 20 heavy (non-hydrogen) atoms. The van der Waals surface area contributed by atoms with Crippen molar-refractivity contribution < 1.29 is 4.39 Å². The van der Waals surface area contributed by atoms with Crippen LogP contribution in [-0.4, -0.2) is 14.6 Å². The van der Waals surface area contributed by atoms with Crippen LogP contribution in [0.4, 0.5) is 21.5 Å². The van der Waals surface area contributed by atoms with E-state index in [2.05, 4.69) is 13.2 Å². The Hall–Kier alpha value is -1.71. The summed E-state index contributed by atoms with van der Waals surface area (Å²) in [5.74, 6) is -0.0897. The molecule has 2 aromatic carbocycles. The van der Waals surface area contributed by atoms with Gasteiger partial charge in [0.15, 0.2) is 0 Å². The first-order chi connectivity index (χ1) is 9.83.